The van der Waals surface area contributed by atoms with Crippen LogP contribution in [-0.4, -0.2) is 37.9 Å². The van der Waals surface area contributed by atoms with Crippen LogP contribution in [0, 0.1) is 22.7 Å². The number of esters is 2. The first-order valence-electron chi connectivity index (χ1n) is 13.2. The van der Waals surface area contributed by atoms with Crippen molar-refractivity contribution in [2.75, 3.05) is 13.7 Å². The maximum Gasteiger partial charge on any atom is 0.432 e. The molecular formula is C30H37F3O5. The van der Waals surface area contributed by atoms with Gasteiger partial charge >= 0.3 is 18.1 Å². The summed E-state index contributed by atoms with van der Waals surface area (Å²) in [5.41, 5.74) is -2.74. The zero-order valence-electron chi connectivity index (χ0n) is 22.5. The van der Waals surface area contributed by atoms with Gasteiger partial charge in [-0.15, -0.1) is 0 Å². The van der Waals surface area contributed by atoms with Crippen LogP contribution in [0.15, 0.2) is 54.1 Å². The van der Waals surface area contributed by atoms with Crippen LogP contribution in [0.4, 0.5) is 13.2 Å². The topological polar surface area (TPSA) is 61.8 Å². The van der Waals surface area contributed by atoms with Crippen LogP contribution in [0.2, 0.25) is 0 Å². The molecule has 0 bridgehead atoms. The SMILES string of the molecule is C=C1[C@@H](OC(=O)[C@](OC)(c2ccccc2)C(F)(F)F)C[C@H]2C(C)(C)CCC[C@]2(C)[C@H]1C/C=C1\CCOC1=O. The summed E-state index contributed by atoms with van der Waals surface area (Å²) in [6.45, 7) is 11.2. The predicted octanol–water partition coefficient (Wildman–Crippen LogP) is 6.67. The van der Waals surface area contributed by atoms with Crippen molar-refractivity contribution in [1.29, 1.82) is 0 Å². The van der Waals surface area contributed by atoms with Gasteiger partial charge in [-0.05, 0) is 53.9 Å². The van der Waals surface area contributed by atoms with Gasteiger partial charge < -0.3 is 14.2 Å². The molecule has 8 heteroatoms. The molecule has 0 amide bonds. The molecule has 0 radical (unpaired) electrons. The second-order valence-electron chi connectivity index (χ2n) is 11.8. The van der Waals surface area contributed by atoms with Crippen molar-refractivity contribution < 1.29 is 37.0 Å². The number of benzene rings is 1. The first kappa shape index (κ1) is 28.4. The summed E-state index contributed by atoms with van der Waals surface area (Å²) in [5.74, 6) is -1.94. The number of rotatable bonds is 6. The number of hydrogen-bond acceptors (Lipinski definition) is 5. The Morgan fingerprint density at radius 3 is 2.45 bits per heavy atom. The average molecular weight is 535 g/mol. The zero-order valence-corrected chi connectivity index (χ0v) is 22.5. The molecule has 1 aromatic carbocycles. The highest BCUT2D eigenvalue weighted by atomic mass is 19.4. The predicted molar refractivity (Wildman–Crippen MR) is 136 cm³/mol. The number of carbonyl (C=O) groups excluding carboxylic acids is 2. The number of allylic oxidation sites excluding steroid dienone is 1. The summed E-state index contributed by atoms with van der Waals surface area (Å²) in [5, 5.41) is 0. The summed E-state index contributed by atoms with van der Waals surface area (Å²) in [7, 11) is 0.869. The van der Waals surface area contributed by atoms with Crippen LogP contribution >= 0.6 is 0 Å². The lowest BCUT2D eigenvalue weighted by Crippen LogP contribution is -2.56. The van der Waals surface area contributed by atoms with E-state index >= 15 is 0 Å². The van der Waals surface area contributed by atoms with Crippen LogP contribution in [0.3, 0.4) is 0 Å². The average Bonchev–Trinajstić information content (AvgIpc) is 3.25. The highest BCUT2D eigenvalue weighted by Crippen LogP contribution is 2.62. The lowest BCUT2D eigenvalue weighted by molar-refractivity contribution is -0.278. The summed E-state index contributed by atoms with van der Waals surface area (Å²) in [6.07, 6.45) is 0.201. The van der Waals surface area contributed by atoms with E-state index in [0.29, 0.717) is 37.0 Å². The Bertz CT molecular complexity index is 1110. The number of fused-ring (bicyclic) bond motifs is 1. The van der Waals surface area contributed by atoms with E-state index in [0.717, 1.165) is 26.4 Å². The van der Waals surface area contributed by atoms with Gasteiger partial charge in [-0.2, -0.15) is 13.2 Å². The molecule has 0 aromatic heterocycles. The molecule has 4 rings (SSSR count). The zero-order chi connectivity index (χ0) is 27.9. The number of carbonyl (C=O) groups is 2. The van der Waals surface area contributed by atoms with Crippen molar-refractivity contribution >= 4 is 11.9 Å². The lowest BCUT2D eigenvalue weighted by atomic mass is 9.46. The van der Waals surface area contributed by atoms with Gasteiger partial charge in [-0.3, -0.25) is 0 Å². The Hall–Kier alpha value is -2.61. The molecule has 0 unspecified atom stereocenters. The fraction of sp³-hybridized carbons (Fsp3) is 0.600. The fourth-order valence-corrected chi connectivity index (χ4v) is 7.22. The van der Waals surface area contributed by atoms with E-state index in [1.54, 1.807) is 6.07 Å². The number of ether oxygens (including phenoxy) is 3. The molecule has 1 aliphatic heterocycles. The molecule has 5 nitrogen and oxygen atoms in total. The maximum atomic E-state index is 14.5. The van der Waals surface area contributed by atoms with Crippen molar-refractivity contribution in [2.24, 2.45) is 22.7 Å². The van der Waals surface area contributed by atoms with Crippen molar-refractivity contribution in [1.82, 2.24) is 0 Å². The molecule has 38 heavy (non-hydrogen) atoms. The van der Waals surface area contributed by atoms with E-state index in [1.165, 1.54) is 24.3 Å². The Morgan fingerprint density at radius 2 is 1.87 bits per heavy atom. The number of hydrogen-bond donors (Lipinski definition) is 0. The quantitative estimate of drug-likeness (QED) is 0.232. The number of halogens is 3. The van der Waals surface area contributed by atoms with E-state index in [4.69, 9.17) is 14.2 Å². The molecule has 208 valence electrons. The van der Waals surface area contributed by atoms with Crippen LogP contribution in [0.25, 0.3) is 0 Å². The molecule has 5 atom stereocenters. The van der Waals surface area contributed by atoms with Gasteiger partial charge in [-0.25, -0.2) is 9.59 Å². The highest BCUT2D eigenvalue weighted by molar-refractivity contribution is 5.90. The first-order valence-corrected chi connectivity index (χ1v) is 13.2. The van der Waals surface area contributed by atoms with Crippen molar-refractivity contribution in [2.45, 2.75) is 77.2 Å². The number of methoxy groups -OCH3 is 1. The molecule has 1 saturated heterocycles. The van der Waals surface area contributed by atoms with Gasteiger partial charge in [0.2, 0.25) is 0 Å². The summed E-state index contributed by atoms with van der Waals surface area (Å²) in [4.78, 5) is 25.6. The molecule has 1 heterocycles. The fourth-order valence-electron chi connectivity index (χ4n) is 7.22. The lowest BCUT2D eigenvalue weighted by Gasteiger charge is -2.59. The minimum Gasteiger partial charge on any atom is -0.462 e. The first-order chi connectivity index (χ1) is 17.8. The minimum atomic E-state index is -5.05. The van der Waals surface area contributed by atoms with Gasteiger partial charge in [0.05, 0.1) is 6.61 Å². The third-order valence-electron chi connectivity index (χ3n) is 9.27. The number of alkyl halides is 3. The smallest absolute Gasteiger partial charge is 0.432 e. The molecule has 0 spiro atoms. The van der Waals surface area contributed by atoms with Gasteiger partial charge in [0.25, 0.3) is 5.60 Å². The summed E-state index contributed by atoms with van der Waals surface area (Å²) >= 11 is 0. The van der Waals surface area contributed by atoms with E-state index in [9.17, 15) is 22.8 Å². The molecule has 3 fully saturated rings. The van der Waals surface area contributed by atoms with E-state index in [1.807, 2.05) is 6.08 Å². The van der Waals surface area contributed by atoms with E-state index in [-0.39, 0.29) is 34.2 Å². The second-order valence-corrected chi connectivity index (χ2v) is 11.8. The number of cyclic esters (lactones) is 1. The van der Waals surface area contributed by atoms with Crippen LogP contribution in [0.1, 0.15) is 64.9 Å². The van der Waals surface area contributed by atoms with Gasteiger partial charge in [0, 0.05) is 24.7 Å². The van der Waals surface area contributed by atoms with Crippen molar-refractivity contribution in [3.8, 4) is 0 Å². The normalized spacial score (nSPS) is 31.9. The maximum absolute atomic E-state index is 14.5. The Kier molecular flexibility index (Phi) is 7.60. The van der Waals surface area contributed by atoms with Crippen LogP contribution in [-0.2, 0) is 29.4 Å². The molecule has 2 aliphatic carbocycles. The Labute approximate surface area is 222 Å². The third kappa shape index (κ3) is 4.69. The molecule has 2 saturated carbocycles. The van der Waals surface area contributed by atoms with Crippen LogP contribution in [0.5, 0.6) is 0 Å². The van der Waals surface area contributed by atoms with Crippen LogP contribution < -0.4 is 0 Å². The standard InChI is InChI=1S/C30H37F3O5/c1-19-22(13-12-20-14-17-37-25(20)34)28(4)16-9-15-27(2,3)24(28)18-23(19)38-26(35)29(36-5,30(31,32)33)21-10-7-6-8-11-21/h6-8,10-12,22-24H,1,9,13-18H2,2-5H3/b20-12+/t22-,23-,24-,28+,29+/m0/s1. The highest BCUT2D eigenvalue weighted by Gasteiger charge is 2.65. The Morgan fingerprint density at radius 1 is 1.18 bits per heavy atom. The largest absolute Gasteiger partial charge is 0.462 e. The van der Waals surface area contributed by atoms with Gasteiger partial charge in [0.15, 0.2) is 0 Å². The van der Waals surface area contributed by atoms with E-state index in [2.05, 4.69) is 27.4 Å². The Balaban J connectivity index is 1.70. The molecule has 0 N–H and O–H groups in total. The summed E-state index contributed by atoms with van der Waals surface area (Å²) in [6, 6.07) is 6.85. The second kappa shape index (κ2) is 10.2. The third-order valence-corrected chi connectivity index (χ3v) is 9.27. The molecule has 1 aromatic rings. The van der Waals surface area contributed by atoms with Gasteiger partial charge in [0.1, 0.15) is 6.10 Å². The minimum absolute atomic E-state index is 0.0746. The molecule has 3 aliphatic rings. The molecular weight excluding hydrogens is 497 g/mol. The van der Waals surface area contributed by atoms with Crippen molar-refractivity contribution in [3.63, 3.8) is 0 Å². The van der Waals surface area contributed by atoms with Crippen molar-refractivity contribution in [3.05, 3.63) is 59.7 Å². The van der Waals surface area contributed by atoms with Gasteiger partial charge in [-0.1, -0.05) is 70.2 Å². The van der Waals surface area contributed by atoms with E-state index < -0.39 is 23.9 Å². The summed E-state index contributed by atoms with van der Waals surface area (Å²) < 4.78 is 59.4. The monoisotopic (exact) mass is 534 g/mol.